The predicted molar refractivity (Wildman–Crippen MR) is 23.6 cm³/mol. The van der Waals surface area contributed by atoms with Gasteiger partial charge in [0.25, 0.3) is 0 Å². The average molecular weight is 127 g/mol. The van der Waals surface area contributed by atoms with Gasteiger partial charge in [0.1, 0.15) is 0 Å². The molecule has 0 nitrogen and oxygen atoms in total. The van der Waals surface area contributed by atoms with Gasteiger partial charge in [-0.15, -0.1) is 0 Å². The minimum Gasteiger partial charge on any atom is -0.497 e. The smallest absolute Gasteiger partial charge is 0 e. The molecule has 0 aliphatic rings. The summed E-state index contributed by atoms with van der Waals surface area (Å²) in [5.41, 5.74) is 0. The van der Waals surface area contributed by atoms with Gasteiger partial charge in [0, 0.05) is 17.6 Å². The Balaban J connectivity index is 0. The molecule has 0 atom stereocenters. The molecule has 28 valence electrons. The quantitative estimate of drug-likeness (QED) is 0.361. The van der Waals surface area contributed by atoms with Crippen LogP contribution < -0.4 is 0 Å². The van der Waals surface area contributed by atoms with E-state index in [2.05, 4.69) is 0 Å². The second kappa shape index (κ2) is 8.82. The molecule has 6 radical (unpaired) electrons. The maximum absolute atomic E-state index is 4.90. The first-order valence-corrected chi connectivity index (χ1v) is 1.32. The molecule has 0 aromatic heterocycles. The average Bonchev–Trinajstić information content (AvgIpc) is 1.37. The Bertz CT molecular complexity index is 5.61. The van der Waals surface area contributed by atoms with Crippen LogP contribution in [0, 0.1) is 13.8 Å². The molecule has 0 unspecified atom stereocenters. The normalized spacial score (nSPS) is 6.00. The Morgan fingerprint density at radius 3 is 1.20 bits per heavy atom. The van der Waals surface area contributed by atoms with Crippen LogP contribution in [0.3, 0.4) is 0 Å². The maximum Gasteiger partial charge on any atom is 0 e. The van der Waals surface area contributed by atoms with E-state index in [-0.39, 0.29) is 17.6 Å². The van der Waals surface area contributed by atoms with E-state index < -0.39 is 0 Å². The summed E-state index contributed by atoms with van der Waals surface area (Å²) in [6.07, 6.45) is 1.19. The minimum atomic E-state index is 0. The molecule has 0 N–H and O–H groups in total. The fraction of sp³-hybridized carbons (Fsp3) is 0.500. The van der Waals surface area contributed by atoms with E-state index >= 15 is 0 Å². The van der Waals surface area contributed by atoms with E-state index in [1.54, 1.807) is 0 Å². The van der Waals surface area contributed by atoms with E-state index in [4.69, 9.17) is 13.8 Å². The van der Waals surface area contributed by atoms with Gasteiger partial charge in [-0.05, 0) is 0 Å². The van der Waals surface area contributed by atoms with Crippen LogP contribution >= 0.6 is 0 Å². The minimum absolute atomic E-state index is 0. The van der Waals surface area contributed by atoms with Gasteiger partial charge in [-0.1, -0.05) is 0 Å². The number of unbranched alkanes of at least 4 members (excludes halogenated alkanes) is 1. The van der Waals surface area contributed by atoms with Crippen LogP contribution in [0.2, 0.25) is 0 Å². The zero-order valence-corrected chi connectivity index (χ0v) is 5.17. The van der Waals surface area contributed by atoms with E-state index in [0.29, 0.717) is 12.8 Å². The first kappa shape index (κ1) is 9.11. The Hall–Kier alpha value is 0.543. The molecule has 0 aromatic rings. The van der Waals surface area contributed by atoms with Crippen LogP contribution in [0.15, 0.2) is 0 Å². The summed E-state index contributed by atoms with van der Waals surface area (Å²) >= 11 is 0. The molecule has 0 saturated heterocycles. The molecule has 1 heteroatoms. The molecule has 0 aromatic carbocycles. The summed E-state index contributed by atoms with van der Waals surface area (Å²) in [4.78, 5) is 0. The Morgan fingerprint density at radius 2 is 1.20 bits per heavy atom. The molecule has 0 aliphatic heterocycles. The maximum atomic E-state index is 4.90. The fourth-order valence-electron chi connectivity index (χ4n) is 0. The number of hydrogen-bond donors (Lipinski definition) is 0. The van der Waals surface area contributed by atoms with E-state index in [0.717, 1.165) is 0 Å². The zero-order valence-electron chi connectivity index (χ0n) is 3.07. The molecule has 5 heavy (non-hydrogen) atoms. The Morgan fingerprint density at radius 1 is 1.00 bits per heavy atom. The number of rotatable bonds is 1. The van der Waals surface area contributed by atoms with E-state index in [1.165, 1.54) is 0 Å². The van der Waals surface area contributed by atoms with E-state index in [9.17, 15) is 0 Å². The van der Waals surface area contributed by atoms with Gasteiger partial charge < -0.3 is 13.8 Å². The summed E-state index contributed by atoms with van der Waals surface area (Å²) < 4.78 is 0. The van der Waals surface area contributed by atoms with Gasteiger partial charge in [-0.3, -0.25) is 0 Å². The van der Waals surface area contributed by atoms with Crippen molar-refractivity contribution in [2.75, 3.05) is 0 Å². The molecule has 0 bridgehead atoms. The fourth-order valence-corrected chi connectivity index (χ4v) is 0. The van der Waals surface area contributed by atoms with Crippen molar-refractivity contribution in [1.82, 2.24) is 0 Å². The van der Waals surface area contributed by atoms with Gasteiger partial charge in [0.15, 0.2) is 0 Å². The van der Waals surface area contributed by atoms with Gasteiger partial charge in [0.2, 0.25) is 0 Å². The van der Waals surface area contributed by atoms with Crippen molar-refractivity contribution in [3.8, 4) is 0 Å². The second-order valence-electron chi connectivity index (χ2n) is 0.577. The van der Waals surface area contributed by atoms with Gasteiger partial charge in [-0.2, -0.15) is 0 Å². The topological polar surface area (TPSA) is 0 Å². The molecule has 0 spiro atoms. The van der Waals surface area contributed by atoms with Crippen molar-refractivity contribution in [3.05, 3.63) is 13.8 Å². The van der Waals surface area contributed by atoms with Crippen molar-refractivity contribution in [2.45, 2.75) is 12.8 Å². The summed E-state index contributed by atoms with van der Waals surface area (Å²) in [6.45, 7) is 9.81. The van der Waals surface area contributed by atoms with Crippen molar-refractivity contribution in [1.29, 1.82) is 0 Å². The summed E-state index contributed by atoms with van der Waals surface area (Å²) in [7, 11) is 0. The molecule has 0 rings (SSSR count). The largest absolute Gasteiger partial charge is 0.497 e. The predicted octanol–water partition coefficient (Wildman–Crippen LogP) is 0.808. The van der Waals surface area contributed by atoms with Gasteiger partial charge >= 0.3 is 0 Å². The zero-order chi connectivity index (χ0) is 3.41. The molecular formula is C4H6Ge-2. The Kier molecular flexibility index (Phi) is 16.1. The molecule has 0 fully saturated rings. The third kappa shape index (κ3) is 12.3. The van der Waals surface area contributed by atoms with Crippen LogP contribution in [0.5, 0.6) is 0 Å². The van der Waals surface area contributed by atoms with Crippen LogP contribution in [-0.4, -0.2) is 17.6 Å². The first-order chi connectivity index (χ1) is 1.91. The molecule has 0 amide bonds. The SMILES string of the molecule is [CH-]CC[CH-].[Ge]. The number of hydrogen-bond acceptors (Lipinski definition) is 0. The van der Waals surface area contributed by atoms with Gasteiger partial charge in [-0.25, -0.2) is 12.8 Å². The van der Waals surface area contributed by atoms with Crippen molar-refractivity contribution >= 4 is 17.6 Å². The van der Waals surface area contributed by atoms with Crippen LogP contribution in [0.4, 0.5) is 0 Å². The third-order valence-electron chi connectivity index (χ3n) is 0.167. The third-order valence-corrected chi connectivity index (χ3v) is 0.167. The van der Waals surface area contributed by atoms with Crippen LogP contribution in [0.25, 0.3) is 0 Å². The molecular weight excluding hydrogens is 121 g/mol. The van der Waals surface area contributed by atoms with Crippen LogP contribution in [0.1, 0.15) is 12.8 Å². The van der Waals surface area contributed by atoms with Crippen LogP contribution in [-0.2, 0) is 0 Å². The van der Waals surface area contributed by atoms with Crippen molar-refractivity contribution in [3.63, 3.8) is 0 Å². The Labute approximate surface area is 44.9 Å². The standard InChI is InChI=1S/C4H6.Ge/c1-3-4-2;/h1-2H,3-4H2;/q-2;. The van der Waals surface area contributed by atoms with E-state index in [1.807, 2.05) is 0 Å². The van der Waals surface area contributed by atoms with Crippen molar-refractivity contribution < 1.29 is 0 Å². The summed E-state index contributed by atoms with van der Waals surface area (Å²) in [5.74, 6) is 0. The monoisotopic (exact) mass is 128 g/mol. The van der Waals surface area contributed by atoms with Gasteiger partial charge in [0.05, 0.1) is 0 Å². The second-order valence-corrected chi connectivity index (χ2v) is 0.577. The summed E-state index contributed by atoms with van der Waals surface area (Å²) in [6, 6.07) is 0. The first-order valence-electron chi connectivity index (χ1n) is 1.32. The summed E-state index contributed by atoms with van der Waals surface area (Å²) in [5, 5.41) is 0. The van der Waals surface area contributed by atoms with Crippen molar-refractivity contribution in [2.24, 2.45) is 0 Å². The molecule has 0 heterocycles. The molecule has 0 aliphatic carbocycles. The molecule has 0 saturated carbocycles.